The van der Waals surface area contributed by atoms with Gasteiger partial charge in [0.15, 0.2) is 5.69 Å². The van der Waals surface area contributed by atoms with Crippen LogP contribution in [0, 0.1) is 12.8 Å². The minimum absolute atomic E-state index is 0.191. The number of piperidine rings is 1. The number of nitrogens with one attached hydrogen (secondary N) is 1. The Kier molecular flexibility index (Phi) is 4.32. The van der Waals surface area contributed by atoms with Crippen molar-refractivity contribution in [2.75, 3.05) is 24.5 Å². The van der Waals surface area contributed by atoms with Gasteiger partial charge in [-0.15, -0.1) is 0 Å². The second kappa shape index (κ2) is 6.55. The minimum atomic E-state index is -0.191. The van der Waals surface area contributed by atoms with Gasteiger partial charge in [0.1, 0.15) is 17.9 Å². The Labute approximate surface area is 128 Å². The van der Waals surface area contributed by atoms with Crippen molar-refractivity contribution < 1.29 is 9.32 Å². The molecular weight excluding hydrogens is 282 g/mol. The van der Waals surface area contributed by atoms with E-state index < -0.39 is 0 Å². The molecule has 2 aromatic rings. The molecule has 116 valence electrons. The van der Waals surface area contributed by atoms with Gasteiger partial charge in [0.2, 0.25) is 0 Å². The Morgan fingerprint density at radius 1 is 1.50 bits per heavy atom. The van der Waals surface area contributed by atoms with Crippen LogP contribution in [0.1, 0.15) is 29.2 Å². The Morgan fingerprint density at radius 3 is 3.18 bits per heavy atom. The summed E-state index contributed by atoms with van der Waals surface area (Å²) in [5.74, 6) is 1.95. The van der Waals surface area contributed by atoms with E-state index in [0.29, 0.717) is 18.2 Å². The summed E-state index contributed by atoms with van der Waals surface area (Å²) in [5, 5.41) is 6.56. The van der Waals surface area contributed by atoms with Gasteiger partial charge < -0.3 is 14.7 Å². The molecule has 22 heavy (non-hydrogen) atoms. The van der Waals surface area contributed by atoms with Gasteiger partial charge in [-0.3, -0.25) is 4.79 Å². The summed E-state index contributed by atoms with van der Waals surface area (Å²) in [6.45, 7) is 4.40. The van der Waals surface area contributed by atoms with Crippen molar-refractivity contribution in [3.05, 3.63) is 36.1 Å². The van der Waals surface area contributed by atoms with Crippen LogP contribution in [0.5, 0.6) is 0 Å². The first-order valence-electron chi connectivity index (χ1n) is 7.45. The molecule has 0 aliphatic carbocycles. The first kappa shape index (κ1) is 14.5. The highest BCUT2D eigenvalue weighted by Gasteiger charge is 2.22. The molecule has 7 heteroatoms. The summed E-state index contributed by atoms with van der Waals surface area (Å²) >= 11 is 0. The van der Waals surface area contributed by atoms with E-state index in [-0.39, 0.29) is 5.91 Å². The van der Waals surface area contributed by atoms with Gasteiger partial charge in [-0.2, -0.15) is 0 Å². The lowest BCUT2D eigenvalue weighted by Gasteiger charge is -2.33. The number of carbonyl (C=O) groups excluding carboxylic acids is 1. The summed E-state index contributed by atoms with van der Waals surface area (Å²) in [7, 11) is 0. The number of amides is 1. The summed E-state index contributed by atoms with van der Waals surface area (Å²) < 4.78 is 4.68. The number of hydrogen-bond donors (Lipinski definition) is 1. The SMILES string of the molecule is Cc1nccc(N2CCCC(CNC(=O)c3ccon3)C2)n1. The Morgan fingerprint density at radius 2 is 2.41 bits per heavy atom. The highest BCUT2D eigenvalue weighted by Crippen LogP contribution is 2.21. The van der Waals surface area contributed by atoms with Gasteiger partial charge >= 0.3 is 0 Å². The monoisotopic (exact) mass is 301 g/mol. The van der Waals surface area contributed by atoms with Gasteiger partial charge in [0.05, 0.1) is 0 Å². The molecule has 1 unspecified atom stereocenters. The van der Waals surface area contributed by atoms with E-state index in [1.807, 2.05) is 13.0 Å². The van der Waals surface area contributed by atoms with E-state index in [9.17, 15) is 4.79 Å². The smallest absolute Gasteiger partial charge is 0.273 e. The van der Waals surface area contributed by atoms with Crippen molar-refractivity contribution in [1.29, 1.82) is 0 Å². The second-order valence-electron chi connectivity index (χ2n) is 5.51. The number of rotatable bonds is 4. The van der Waals surface area contributed by atoms with E-state index >= 15 is 0 Å². The Bertz CT molecular complexity index is 629. The zero-order valence-electron chi connectivity index (χ0n) is 12.5. The molecule has 0 spiro atoms. The predicted molar refractivity (Wildman–Crippen MR) is 80.5 cm³/mol. The molecule has 3 heterocycles. The zero-order valence-corrected chi connectivity index (χ0v) is 12.5. The third-order valence-corrected chi connectivity index (χ3v) is 3.83. The van der Waals surface area contributed by atoms with Gasteiger partial charge in [-0.05, 0) is 31.7 Å². The summed E-state index contributed by atoms with van der Waals surface area (Å²) in [4.78, 5) is 22.7. The normalized spacial score (nSPS) is 18.2. The fourth-order valence-electron chi connectivity index (χ4n) is 2.72. The van der Waals surface area contributed by atoms with Crippen molar-refractivity contribution in [2.45, 2.75) is 19.8 Å². The maximum Gasteiger partial charge on any atom is 0.273 e. The maximum absolute atomic E-state index is 11.9. The molecule has 1 atom stereocenters. The molecular formula is C15H19N5O2. The lowest BCUT2D eigenvalue weighted by atomic mass is 9.98. The molecule has 2 aromatic heterocycles. The summed E-state index contributed by atoms with van der Waals surface area (Å²) in [5.41, 5.74) is 0.319. The predicted octanol–water partition coefficient (Wildman–Crippen LogP) is 1.42. The van der Waals surface area contributed by atoms with Crippen LogP contribution in [0.4, 0.5) is 5.82 Å². The van der Waals surface area contributed by atoms with E-state index in [4.69, 9.17) is 0 Å². The third-order valence-electron chi connectivity index (χ3n) is 3.83. The van der Waals surface area contributed by atoms with Gasteiger partial charge in [0, 0.05) is 31.9 Å². The Balaban J connectivity index is 1.56. The fourth-order valence-corrected chi connectivity index (χ4v) is 2.72. The van der Waals surface area contributed by atoms with Crippen LogP contribution in [0.2, 0.25) is 0 Å². The van der Waals surface area contributed by atoms with Crippen molar-refractivity contribution in [2.24, 2.45) is 5.92 Å². The number of aryl methyl sites for hydroxylation is 1. The molecule has 1 N–H and O–H groups in total. The molecule has 0 aromatic carbocycles. The van der Waals surface area contributed by atoms with E-state index in [0.717, 1.165) is 37.6 Å². The number of aromatic nitrogens is 3. The van der Waals surface area contributed by atoms with Crippen LogP contribution in [-0.4, -0.2) is 40.7 Å². The van der Waals surface area contributed by atoms with Crippen molar-refractivity contribution in [3.63, 3.8) is 0 Å². The van der Waals surface area contributed by atoms with Crippen LogP contribution in [0.15, 0.2) is 29.1 Å². The molecule has 7 nitrogen and oxygen atoms in total. The van der Waals surface area contributed by atoms with Gasteiger partial charge in [0.25, 0.3) is 5.91 Å². The average Bonchev–Trinajstić information content (AvgIpc) is 3.07. The molecule has 3 rings (SSSR count). The molecule has 1 saturated heterocycles. The number of hydrogen-bond acceptors (Lipinski definition) is 6. The average molecular weight is 301 g/mol. The standard InChI is InChI=1S/C15H19N5O2/c1-11-16-6-4-14(18-11)20-7-2-3-12(10-20)9-17-15(21)13-5-8-22-19-13/h4-6,8,12H,2-3,7,9-10H2,1H3,(H,17,21). The lowest BCUT2D eigenvalue weighted by molar-refractivity contribution is 0.0936. The van der Waals surface area contributed by atoms with Gasteiger partial charge in [-0.25, -0.2) is 9.97 Å². The largest absolute Gasteiger partial charge is 0.364 e. The van der Waals surface area contributed by atoms with E-state index in [2.05, 4.69) is 29.9 Å². The first-order chi connectivity index (χ1) is 10.7. The number of anilines is 1. The van der Waals surface area contributed by atoms with Crippen LogP contribution in [0.3, 0.4) is 0 Å². The van der Waals surface area contributed by atoms with E-state index in [1.165, 1.54) is 6.26 Å². The highest BCUT2D eigenvalue weighted by atomic mass is 16.5. The molecule has 0 saturated carbocycles. The molecule has 0 bridgehead atoms. The minimum Gasteiger partial charge on any atom is -0.364 e. The molecule has 1 amide bonds. The number of carbonyl (C=O) groups is 1. The topological polar surface area (TPSA) is 84.2 Å². The van der Waals surface area contributed by atoms with Crippen LogP contribution >= 0.6 is 0 Å². The second-order valence-corrected chi connectivity index (χ2v) is 5.51. The van der Waals surface area contributed by atoms with Crippen molar-refractivity contribution in [3.8, 4) is 0 Å². The lowest BCUT2D eigenvalue weighted by Crippen LogP contribution is -2.41. The van der Waals surface area contributed by atoms with Crippen LogP contribution in [-0.2, 0) is 0 Å². The highest BCUT2D eigenvalue weighted by molar-refractivity contribution is 5.91. The van der Waals surface area contributed by atoms with Crippen molar-refractivity contribution in [1.82, 2.24) is 20.4 Å². The van der Waals surface area contributed by atoms with Crippen molar-refractivity contribution >= 4 is 11.7 Å². The third kappa shape index (κ3) is 3.41. The molecule has 1 aliphatic rings. The van der Waals surface area contributed by atoms with Crippen LogP contribution in [0.25, 0.3) is 0 Å². The van der Waals surface area contributed by atoms with Gasteiger partial charge in [-0.1, -0.05) is 5.16 Å². The van der Waals surface area contributed by atoms with Crippen LogP contribution < -0.4 is 10.2 Å². The number of nitrogens with zero attached hydrogens (tertiary/aromatic N) is 4. The zero-order chi connectivity index (χ0) is 15.4. The molecule has 1 fully saturated rings. The Hall–Kier alpha value is -2.44. The quantitative estimate of drug-likeness (QED) is 0.919. The summed E-state index contributed by atoms with van der Waals surface area (Å²) in [6, 6.07) is 3.50. The maximum atomic E-state index is 11.9. The first-order valence-corrected chi connectivity index (χ1v) is 7.45. The molecule has 1 aliphatic heterocycles. The fraction of sp³-hybridized carbons (Fsp3) is 0.467. The molecule has 0 radical (unpaired) electrons. The summed E-state index contributed by atoms with van der Waals surface area (Å²) in [6.07, 6.45) is 5.37. The van der Waals surface area contributed by atoms with E-state index in [1.54, 1.807) is 12.3 Å².